The van der Waals surface area contributed by atoms with Crippen LogP contribution in [0.1, 0.15) is 0 Å². The van der Waals surface area contributed by atoms with Crippen molar-refractivity contribution in [1.82, 2.24) is 9.62 Å². The number of carbonyl (C=O) groups excluding carboxylic acids is 1. The maximum Gasteiger partial charge on any atom is 0.240 e. The number of nitrogens with zero attached hydrogens (tertiary/aromatic N) is 1. The standard InChI is InChI=1S/C7H14N2O4S/c1-8-7(10)6-5-13-4-3-9(6)14(2,11)12/h6H,3-5H2,1-2H3,(H,8,10). The van der Waals surface area contributed by atoms with Gasteiger partial charge >= 0.3 is 0 Å². The molecule has 0 saturated carbocycles. The predicted molar refractivity (Wildman–Crippen MR) is 50.2 cm³/mol. The molecule has 1 aliphatic heterocycles. The molecule has 1 heterocycles. The minimum absolute atomic E-state index is 0.118. The normalized spacial score (nSPS) is 24.6. The molecule has 6 nitrogen and oxygen atoms in total. The molecule has 1 unspecified atom stereocenters. The summed E-state index contributed by atoms with van der Waals surface area (Å²) in [5, 5.41) is 2.41. The first-order valence-electron chi connectivity index (χ1n) is 4.23. The summed E-state index contributed by atoms with van der Waals surface area (Å²) < 4.78 is 28.8. The fourth-order valence-electron chi connectivity index (χ4n) is 1.36. The van der Waals surface area contributed by atoms with E-state index in [-0.39, 0.29) is 19.1 Å². The third-order valence-corrected chi connectivity index (χ3v) is 3.34. The summed E-state index contributed by atoms with van der Waals surface area (Å²) in [5.41, 5.74) is 0. The van der Waals surface area contributed by atoms with Crippen molar-refractivity contribution in [3.05, 3.63) is 0 Å². The lowest BCUT2D eigenvalue weighted by atomic mass is 10.2. The second kappa shape index (κ2) is 4.24. The van der Waals surface area contributed by atoms with E-state index in [1.165, 1.54) is 7.05 Å². The molecule has 1 atom stereocenters. The fourth-order valence-corrected chi connectivity index (χ4v) is 2.38. The minimum atomic E-state index is -3.34. The summed E-state index contributed by atoms with van der Waals surface area (Å²) in [6, 6.07) is -0.733. The average Bonchev–Trinajstić information content (AvgIpc) is 2.15. The van der Waals surface area contributed by atoms with Crippen molar-refractivity contribution < 1.29 is 17.9 Å². The summed E-state index contributed by atoms with van der Waals surface area (Å²) in [6.07, 6.45) is 1.09. The molecule has 7 heteroatoms. The summed E-state index contributed by atoms with van der Waals surface area (Å²) in [5.74, 6) is -0.338. The number of rotatable bonds is 2. The Morgan fingerprint density at radius 2 is 2.21 bits per heavy atom. The zero-order chi connectivity index (χ0) is 10.8. The minimum Gasteiger partial charge on any atom is -0.378 e. The Kier molecular flexibility index (Phi) is 3.46. The average molecular weight is 222 g/mol. The molecule has 0 aromatic rings. The number of carbonyl (C=O) groups is 1. The zero-order valence-corrected chi connectivity index (χ0v) is 9.00. The fraction of sp³-hybridized carbons (Fsp3) is 0.857. The van der Waals surface area contributed by atoms with Crippen LogP contribution in [0.3, 0.4) is 0 Å². The zero-order valence-electron chi connectivity index (χ0n) is 8.19. The summed E-state index contributed by atoms with van der Waals surface area (Å²) in [6.45, 7) is 0.685. The van der Waals surface area contributed by atoms with Crippen molar-refractivity contribution in [2.24, 2.45) is 0 Å². The van der Waals surface area contributed by atoms with Crippen molar-refractivity contribution in [2.75, 3.05) is 33.1 Å². The first-order valence-corrected chi connectivity index (χ1v) is 6.08. The van der Waals surface area contributed by atoms with Gasteiger partial charge in [0.15, 0.2) is 0 Å². The molecule has 82 valence electrons. The van der Waals surface area contributed by atoms with Crippen LogP contribution in [0.25, 0.3) is 0 Å². The molecule has 0 radical (unpaired) electrons. The molecule has 1 rings (SSSR count). The third-order valence-electron chi connectivity index (χ3n) is 2.05. The Bertz CT molecular complexity index is 314. The van der Waals surface area contributed by atoms with E-state index in [0.29, 0.717) is 6.61 Å². The Hall–Kier alpha value is -0.660. The topological polar surface area (TPSA) is 75.7 Å². The molecule has 1 saturated heterocycles. The summed E-state index contributed by atoms with van der Waals surface area (Å²) >= 11 is 0. The van der Waals surface area contributed by atoms with E-state index >= 15 is 0 Å². The van der Waals surface area contributed by atoms with Gasteiger partial charge in [-0.05, 0) is 0 Å². The van der Waals surface area contributed by atoms with Gasteiger partial charge in [-0.25, -0.2) is 8.42 Å². The van der Waals surface area contributed by atoms with E-state index in [1.807, 2.05) is 0 Å². The molecule has 14 heavy (non-hydrogen) atoms. The highest BCUT2D eigenvalue weighted by Crippen LogP contribution is 2.11. The van der Waals surface area contributed by atoms with Crippen LogP contribution in [0.2, 0.25) is 0 Å². The molecular formula is C7H14N2O4S. The number of hydrogen-bond acceptors (Lipinski definition) is 4. The van der Waals surface area contributed by atoms with Crippen molar-refractivity contribution in [2.45, 2.75) is 6.04 Å². The SMILES string of the molecule is CNC(=O)C1COCCN1S(C)(=O)=O. The Morgan fingerprint density at radius 1 is 1.57 bits per heavy atom. The quantitative estimate of drug-likeness (QED) is 0.610. The predicted octanol–water partition coefficient (Wildman–Crippen LogP) is -1.61. The molecule has 0 aromatic carbocycles. The molecule has 0 aromatic heterocycles. The number of likely N-dealkylation sites (N-methyl/N-ethyl adjacent to an activating group) is 1. The van der Waals surface area contributed by atoms with Crippen molar-refractivity contribution in [3.63, 3.8) is 0 Å². The van der Waals surface area contributed by atoms with Gasteiger partial charge in [-0.3, -0.25) is 4.79 Å². The van der Waals surface area contributed by atoms with Crippen LogP contribution in [0.5, 0.6) is 0 Å². The van der Waals surface area contributed by atoms with E-state index in [1.54, 1.807) is 0 Å². The Balaban J connectivity index is 2.85. The number of ether oxygens (including phenoxy) is 1. The molecule has 1 aliphatic rings. The summed E-state index contributed by atoms with van der Waals surface area (Å²) in [4.78, 5) is 11.3. The van der Waals surface area contributed by atoms with Crippen LogP contribution in [0, 0.1) is 0 Å². The van der Waals surface area contributed by atoms with E-state index < -0.39 is 16.1 Å². The van der Waals surface area contributed by atoms with Gasteiger partial charge in [-0.1, -0.05) is 0 Å². The monoisotopic (exact) mass is 222 g/mol. The van der Waals surface area contributed by atoms with E-state index in [4.69, 9.17) is 4.74 Å². The van der Waals surface area contributed by atoms with Crippen LogP contribution in [-0.4, -0.2) is 57.7 Å². The van der Waals surface area contributed by atoms with Crippen LogP contribution < -0.4 is 5.32 Å². The van der Waals surface area contributed by atoms with Crippen LogP contribution >= 0.6 is 0 Å². The Morgan fingerprint density at radius 3 is 2.71 bits per heavy atom. The molecule has 1 N–H and O–H groups in total. The van der Waals surface area contributed by atoms with Gasteiger partial charge < -0.3 is 10.1 Å². The second-order valence-electron chi connectivity index (χ2n) is 3.08. The van der Waals surface area contributed by atoms with E-state index in [0.717, 1.165) is 10.6 Å². The highest BCUT2D eigenvalue weighted by atomic mass is 32.2. The molecular weight excluding hydrogens is 208 g/mol. The van der Waals surface area contributed by atoms with Crippen molar-refractivity contribution in [1.29, 1.82) is 0 Å². The lowest BCUT2D eigenvalue weighted by Crippen LogP contribution is -2.54. The summed E-state index contributed by atoms with van der Waals surface area (Å²) in [7, 11) is -1.87. The van der Waals surface area contributed by atoms with Crippen LogP contribution in [0.15, 0.2) is 0 Å². The van der Waals surface area contributed by atoms with Gasteiger partial charge in [0.25, 0.3) is 0 Å². The number of amides is 1. The number of hydrogen-bond donors (Lipinski definition) is 1. The van der Waals surface area contributed by atoms with Crippen molar-refractivity contribution in [3.8, 4) is 0 Å². The maximum atomic E-state index is 11.3. The van der Waals surface area contributed by atoms with Gasteiger partial charge in [0.05, 0.1) is 19.5 Å². The highest BCUT2D eigenvalue weighted by molar-refractivity contribution is 7.88. The molecule has 0 aliphatic carbocycles. The maximum absolute atomic E-state index is 11.3. The second-order valence-corrected chi connectivity index (χ2v) is 5.01. The highest BCUT2D eigenvalue weighted by Gasteiger charge is 2.34. The van der Waals surface area contributed by atoms with Gasteiger partial charge in [-0.2, -0.15) is 4.31 Å². The number of nitrogens with one attached hydrogen (secondary N) is 1. The van der Waals surface area contributed by atoms with E-state index in [9.17, 15) is 13.2 Å². The number of sulfonamides is 1. The first kappa shape index (κ1) is 11.4. The van der Waals surface area contributed by atoms with Crippen LogP contribution in [-0.2, 0) is 19.6 Å². The molecule has 0 bridgehead atoms. The molecule has 1 amide bonds. The molecule has 0 spiro atoms. The third kappa shape index (κ3) is 2.43. The van der Waals surface area contributed by atoms with Gasteiger partial charge in [0, 0.05) is 13.6 Å². The van der Waals surface area contributed by atoms with E-state index in [2.05, 4.69) is 5.32 Å². The number of morpholine rings is 1. The Labute approximate surface area is 83.3 Å². The van der Waals surface area contributed by atoms with Gasteiger partial charge in [-0.15, -0.1) is 0 Å². The lowest BCUT2D eigenvalue weighted by molar-refractivity contribution is -0.128. The van der Waals surface area contributed by atoms with Gasteiger partial charge in [0.2, 0.25) is 15.9 Å². The first-order chi connectivity index (χ1) is 6.46. The van der Waals surface area contributed by atoms with Gasteiger partial charge in [0.1, 0.15) is 6.04 Å². The lowest BCUT2D eigenvalue weighted by Gasteiger charge is -2.31. The van der Waals surface area contributed by atoms with Crippen LogP contribution in [0.4, 0.5) is 0 Å². The smallest absolute Gasteiger partial charge is 0.240 e. The largest absolute Gasteiger partial charge is 0.378 e. The van der Waals surface area contributed by atoms with Crippen molar-refractivity contribution >= 4 is 15.9 Å². The molecule has 1 fully saturated rings.